The number of aryl methyl sites for hydroxylation is 1. The van der Waals surface area contributed by atoms with Gasteiger partial charge in [0.1, 0.15) is 17.1 Å². The third-order valence-electron chi connectivity index (χ3n) is 5.53. The van der Waals surface area contributed by atoms with Gasteiger partial charge in [-0.3, -0.25) is 0 Å². The van der Waals surface area contributed by atoms with E-state index < -0.39 is 18.4 Å². The zero-order valence-corrected chi connectivity index (χ0v) is 14.8. The molecule has 25 heavy (non-hydrogen) atoms. The molecule has 0 bridgehead atoms. The fourth-order valence-corrected chi connectivity index (χ4v) is 4.22. The highest BCUT2D eigenvalue weighted by molar-refractivity contribution is 5.87. The summed E-state index contributed by atoms with van der Waals surface area (Å²) in [4.78, 5) is 11.5. The topological polar surface area (TPSA) is 66.8 Å². The Morgan fingerprint density at radius 2 is 2.20 bits per heavy atom. The van der Waals surface area contributed by atoms with Gasteiger partial charge in [0.2, 0.25) is 0 Å². The minimum atomic E-state index is -1.91. The van der Waals surface area contributed by atoms with Crippen LogP contribution in [0.4, 0.5) is 0 Å². The largest absolute Gasteiger partial charge is 0.508 e. The van der Waals surface area contributed by atoms with E-state index in [9.17, 15) is 15.0 Å². The number of carboxylic acid groups (broad SMARTS) is 1. The molecule has 0 unspecified atom stereocenters. The lowest BCUT2D eigenvalue weighted by Crippen LogP contribution is -2.45. The van der Waals surface area contributed by atoms with Crippen molar-refractivity contribution in [2.45, 2.75) is 70.7 Å². The van der Waals surface area contributed by atoms with Gasteiger partial charge in [0.05, 0.1) is 0 Å². The van der Waals surface area contributed by atoms with Crippen LogP contribution >= 0.6 is 0 Å². The lowest BCUT2D eigenvalue weighted by atomic mass is 9.67. The maximum absolute atomic E-state index is 11.5. The van der Waals surface area contributed by atoms with E-state index in [1.54, 1.807) is 12.1 Å². The molecule has 2 atom stereocenters. The highest BCUT2D eigenvalue weighted by Crippen LogP contribution is 2.54. The molecular weight excluding hydrogens is 316 g/mol. The second-order valence-corrected chi connectivity index (χ2v) is 7.63. The first-order valence-corrected chi connectivity index (χ1v) is 8.95. The second kappa shape index (κ2) is 6.74. The highest BCUT2D eigenvalue weighted by Gasteiger charge is 2.46. The van der Waals surface area contributed by atoms with Gasteiger partial charge in [-0.2, -0.15) is 0 Å². The van der Waals surface area contributed by atoms with Crippen LogP contribution in [0.5, 0.6) is 11.5 Å². The zero-order chi connectivity index (χ0) is 20.7. The summed E-state index contributed by atoms with van der Waals surface area (Å²) in [6.45, 7) is 2.11. The first-order chi connectivity index (χ1) is 13.0. The Labute approximate surface area is 153 Å². The van der Waals surface area contributed by atoms with Crippen LogP contribution in [0.15, 0.2) is 23.8 Å². The fourth-order valence-electron chi connectivity index (χ4n) is 4.22. The molecular formula is C21H28O4. The van der Waals surface area contributed by atoms with Crippen LogP contribution in [-0.4, -0.2) is 21.8 Å². The van der Waals surface area contributed by atoms with Crippen LogP contribution in [-0.2, 0) is 11.2 Å². The molecule has 4 heteroatoms. The third kappa shape index (κ3) is 3.39. The average molecular weight is 347 g/mol. The predicted molar refractivity (Wildman–Crippen MR) is 97.2 cm³/mol. The van der Waals surface area contributed by atoms with Crippen molar-refractivity contribution in [1.29, 1.82) is 0 Å². The van der Waals surface area contributed by atoms with E-state index in [4.69, 9.17) is 8.85 Å². The van der Waals surface area contributed by atoms with E-state index in [-0.39, 0.29) is 24.0 Å². The summed E-state index contributed by atoms with van der Waals surface area (Å²) in [6, 6.07) is 3.63. The zero-order valence-electron chi connectivity index (χ0n) is 17.8. The number of aliphatic carboxylic acids is 1. The van der Waals surface area contributed by atoms with E-state index in [0.29, 0.717) is 42.6 Å². The van der Waals surface area contributed by atoms with Gasteiger partial charge in [-0.15, -0.1) is 0 Å². The first kappa shape index (κ1) is 14.2. The molecule has 1 aromatic carbocycles. The summed E-state index contributed by atoms with van der Waals surface area (Å²) in [5, 5.41) is 20.1. The summed E-state index contributed by atoms with van der Waals surface area (Å²) in [6.07, 6.45) is 4.92. The fraction of sp³-hybridized carbons (Fsp3) is 0.571. The van der Waals surface area contributed by atoms with Crippen molar-refractivity contribution in [3.05, 3.63) is 34.9 Å². The number of allylic oxidation sites excluding steroid dienone is 1. The monoisotopic (exact) mass is 347 g/mol. The Balaban J connectivity index is 1.84. The number of rotatable bonds is 5. The van der Waals surface area contributed by atoms with E-state index in [0.717, 1.165) is 12.0 Å². The number of phenolic OH excluding ortho intramolecular Hbond substituents is 1. The molecule has 3 rings (SSSR count). The Bertz CT molecular complexity index is 796. The first-order valence-electron chi connectivity index (χ1n) is 10.4. The quantitative estimate of drug-likeness (QED) is 0.751. The van der Waals surface area contributed by atoms with Crippen molar-refractivity contribution in [1.82, 2.24) is 0 Å². The van der Waals surface area contributed by atoms with Gasteiger partial charge in [-0.05, 0) is 57.2 Å². The Morgan fingerprint density at radius 1 is 1.40 bits per heavy atom. The van der Waals surface area contributed by atoms with Gasteiger partial charge in [0, 0.05) is 27.1 Å². The molecule has 0 aromatic heterocycles. The van der Waals surface area contributed by atoms with Crippen molar-refractivity contribution in [2.75, 3.05) is 0 Å². The van der Waals surface area contributed by atoms with Crippen LogP contribution in [0.2, 0.25) is 0 Å². The van der Waals surface area contributed by atoms with Gasteiger partial charge in [-0.25, -0.2) is 4.79 Å². The normalized spacial score (nSPS) is 26.2. The number of carboxylic acids is 1. The minimum Gasteiger partial charge on any atom is -0.508 e. The molecule has 0 fully saturated rings. The van der Waals surface area contributed by atoms with Gasteiger partial charge >= 0.3 is 5.97 Å². The van der Waals surface area contributed by atoms with Crippen LogP contribution in [0.25, 0.3) is 0 Å². The van der Waals surface area contributed by atoms with Crippen molar-refractivity contribution in [2.24, 2.45) is 5.92 Å². The summed E-state index contributed by atoms with van der Waals surface area (Å²) in [7, 11) is 0. The molecule has 0 amide bonds. The van der Waals surface area contributed by atoms with E-state index in [1.807, 2.05) is 19.9 Å². The molecule has 2 aliphatic rings. The predicted octanol–water partition coefficient (Wildman–Crippen LogP) is 4.80. The molecule has 0 radical (unpaired) electrons. The summed E-state index contributed by atoms with van der Waals surface area (Å²) < 4.78 is 28.1. The SMILES string of the molecule is [2H]C([2H])([2H])CCCCc1cc(O)c2c(c1)OC(C)(C)[C@@H]1CC=C(C(=O)O)C[C@@H]21. The minimum absolute atomic E-state index is 0.0964. The van der Waals surface area contributed by atoms with Crippen LogP contribution in [0.3, 0.4) is 0 Å². The summed E-state index contributed by atoms with van der Waals surface area (Å²) in [5.74, 6) is -0.155. The molecule has 1 heterocycles. The number of fused-ring (bicyclic) bond motifs is 3. The van der Waals surface area contributed by atoms with Crippen molar-refractivity contribution >= 4 is 5.97 Å². The molecule has 1 aromatic rings. The molecule has 0 saturated heterocycles. The van der Waals surface area contributed by atoms with Crippen LogP contribution < -0.4 is 4.74 Å². The smallest absolute Gasteiger partial charge is 0.331 e. The van der Waals surface area contributed by atoms with Crippen molar-refractivity contribution in [3.8, 4) is 11.5 Å². The molecule has 2 N–H and O–H groups in total. The maximum atomic E-state index is 11.5. The van der Waals surface area contributed by atoms with Gasteiger partial charge < -0.3 is 14.9 Å². The standard InChI is InChI=1S/C21H28O4/c1-4-5-6-7-13-10-17(22)19-15-12-14(20(23)24)8-9-16(15)21(2,3)25-18(19)11-13/h8,10-11,15-16,22H,4-7,9,12H2,1-3H3,(H,23,24)/t15-,16-/m1/s1/i1D3. The third-order valence-corrected chi connectivity index (χ3v) is 5.53. The van der Waals surface area contributed by atoms with E-state index in [2.05, 4.69) is 0 Å². The lowest BCUT2D eigenvalue weighted by Gasteiger charge is -2.46. The average Bonchev–Trinajstić information content (AvgIpc) is 2.56. The number of carbonyl (C=O) groups is 1. The Kier molecular flexibility index (Phi) is 3.83. The number of ether oxygens (including phenoxy) is 1. The number of hydrogen-bond acceptors (Lipinski definition) is 3. The van der Waals surface area contributed by atoms with Crippen molar-refractivity contribution in [3.63, 3.8) is 0 Å². The van der Waals surface area contributed by atoms with Crippen molar-refractivity contribution < 1.29 is 23.9 Å². The molecule has 4 nitrogen and oxygen atoms in total. The lowest BCUT2D eigenvalue weighted by molar-refractivity contribution is -0.133. The summed E-state index contributed by atoms with van der Waals surface area (Å²) >= 11 is 0. The molecule has 136 valence electrons. The number of benzene rings is 1. The van der Waals surface area contributed by atoms with Gasteiger partial charge in [0.25, 0.3) is 0 Å². The van der Waals surface area contributed by atoms with Crippen LogP contribution in [0.1, 0.15) is 74.0 Å². The Morgan fingerprint density at radius 3 is 2.92 bits per heavy atom. The van der Waals surface area contributed by atoms with E-state index in [1.165, 1.54) is 0 Å². The van der Waals surface area contributed by atoms with Gasteiger partial charge in [-0.1, -0.05) is 25.8 Å². The van der Waals surface area contributed by atoms with E-state index >= 15 is 0 Å². The number of aromatic hydroxyl groups is 1. The molecule has 1 aliphatic heterocycles. The molecule has 1 aliphatic carbocycles. The molecule has 0 spiro atoms. The van der Waals surface area contributed by atoms with Crippen LogP contribution in [0, 0.1) is 5.92 Å². The number of unbranched alkanes of at least 4 members (excludes halogenated alkanes) is 1. The molecule has 0 saturated carbocycles. The summed E-state index contributed by atoms with van der Waals surface area (Å²) in [5.41, 5.74) is 1.52. The maximum Gasteiger partial charge on any atom is 0.331 e. The number of hydrogen-bond donors (Lipinski definition) is 2. The second-order valence-electron chi connectivity index (χ2n) is 7.63. The Hall–Kier alpha value is -1.97. The number of phenols is 1. The highest BCUT2D eigenvalue weighted by atomic mass is 16.5. The van der Waals surface area contributed by atoms with Gasteiger partial charge in [0.15, 0.2) is 0 Å².